The highest BCUT2D eigenvalue weighted by Gasteiger charge is 2.15. The molecule has 0 saturated carbocycles. The Bertz CT molecular complexity index is 628. The third kappa shape index (κ3) is 1.95. The molecule has 1 N–H and O–H groups in total. The van der Waals surface area contributed by atoms with E-state index in [2.05, 4.69) is 15.4 Å². The molecular weight excluding hydrogens is 230 g/mol. The van der Waals surface area contributed by atoms with Crippen molar-refractivity contribution in [1.82, 2.24) is 24.6 Å². The van der Waals surface area contributed by atoms with E-state index < -0.39 is 0 Å². The minimum Gasteiger partial charge on any atom is -0.311 e. The molecule has 3 heterocycles. The van der Waals surface area contributed by atoms with Crippen LogP contribution in [0, 0.1) is 0 Å². The number of nitrogens with zero attached hydrogens (tertiary/aromatic N) is 4. The molecule has 6 heteroatoms. The van der Waals surface area contributed by atoms with Crippen LogP contribution in [0.3, 0.4) is 0 Å². The van der Waals surface area contributed by atoms with Crippen LogP contribution >= 0.6 is 0 Å². The predicted molar refractivity (Wildman–Crippen MR) is 66.2 cm³/mol. The Hall–Kier alpha value is -1.95. The van der Waals surface area contributed by atoms with Crippen molar-refractivity contribution in [3.8, 4) is 0 Å². The molecule has 0 aromatic carbocycles. The van der Waals surface area contributed by atoms with Crippen LogP contribution in [-0.4, -0.2) is 25.9 Å². The summed E-state index contributed by atoms with van der Waals surface area (Å²) in [7, 11) is 1.86. The summed E-state index contributed by atoms with van der Waals surface area (Å²) in [4.78, 5) is 16.6. The third-order valence-corrected chi connectivity index (χ3v) is 3.17. The van der Waals surface area contributed by atoms with Gasteiger partial charge in [0.2, 0.25) is 0 Å². The van der Waals surface area contributed by atoms with Crippen molar-refractivity contribution in [2.45, 2.75) is 19.5 Å². The fraction of sp³-hybridized carbons (Fsp3) is 0.417. The van der Waals surface area contributed by atoms with Gasteiger partial charge in [-0.2, -0.15) is 5.10 Å². The van der Waals surface area contributed by atoms with Crippen LogP contribution in [0.1, 0.15) is 17.0 Å². The van der Waals surface area contributed by atoms with Gasteiger partial charge in [-0.1, -0.05) is 0 Å². The van der Waals surface area contributed by atoms with Crippen LogP contribution in [0.2, 0.25) is 0 Å². The largest absolute Gasteiger partial charge is 0.311 e. The standard InChI is InChI=1S/C12H15N5O/c1-16-5-3-9(15-16)7-17-8-14-11-6-13-4-2-10(11)12(17)18/h3,5,8,13H,2,4,6-7H2,1H3. The van der Waals surface area contributed by atoms with Crippen molar-refractivity contribution in [1.29, 1.82) is 0 Å². The predicted octanol–water partition coefficient (Wildman–Crippen LogP) is -0.329. The first-order chi connectivity index (χ1) is 8.74. The lowest BCUT2D eigenvalue weighted by Crippen LogP contribution is -2.34. The molecule has 1 aliphatic heterocycles. The molecule has 2 aromatic rings. The Labute approximate surface area is 104 Å². The number of fused-ring (bicyclic) bond motifs is 1. The quantitative estimate of drug-likeness (QED) is 0.787. The monoisotopic (exact) mass is 245 g/mol. The Kier molecular flexibility index (Phi) is 2.71. The van der Waals surface area contributed by atoms with Crippen LogP contribution in [0.25, 0.3) is 0 Å². The van der Waals surface area contributed by atoms with E-state index in [4.69, 9.17) is 0 Å². The van der Waals surface area contributed by atoms with Crippen LogP contribution in [0.4, 0.5) is 0 Å². The molecule has 0 unspecified atom stereocenters. The second kappa shape index (κ2) is 4.38. The van der Waals surface area contributed by atoms with E-state index in [1.54, 1.807) is 15.6 Å². The maximum atomic E-state index is 12.3. The zero-order valence-corrected chi connectivity index (χ0v) is 10.3. The van der Waals surface area contributed by atoms with Gasteiger partial charge in [-0.25, -0.2) is 4.98 Å². The van der Waals surface area contributed by atoms with Gasteiger partial charge in [-0.3, -0.25) is 14.0 Å². The number of rotatable bonds is 2. The molecule has 0 radical (unpaired) electrons. The topological polar surface area (TPSA) is 64.7 Å². The zero-order valence-electron chi connectivity index (χ0n) is 10.3. The zero-order chi connectivity index (χ0) is 12.5. The summed E-state index contributed by atoms with van der Waals surface area (Å²) in [6.45, 7) is 2.01. The molecule has 1 aliphatic rings. The Balaban J connectivity index is 1.96. The first kappa shape index (κ1) is 11.2. The van der Waals surface area contributed by atoms with E-state index in [-0.39, 0.29) is 5.56 Å². The van der Waals surface area contributed by atoms with E-state index in [1.165, 1.54) is 0 Å². The Morgan fingerprint density at radius 1 is 1.50 bits per heavy atom. The van der Waals surface area contributed by atoms with Crippen LogP contribution in [-0.2, 0) is 26.6 Å². The van der Waals surface area contributed by atoms with Gasteiger partial charge in [0.25, 0.3) is 5.56 Å². The summed E-state index contributed by atoms with van der Waals surface area (Å²) in [5.74, 6) is 0. The SMILES string of the molecule is Cn1ccc(Cn2cnc3c(c2=O)CCNC3)n1. The van der Waals surface area contributed by atoms with Crippen molar-refractivity contribution in [2.24, 2.45) is 7.05 Å². The molecular formula is C12H15N5O. The fourth-order valence-electron chi connectivity index (χ4n) is 2.22. The average Bonchev–Trinajstić information content (AvgIpc) is 2.79. The molecule has 18 heavy (non-hydrogen) atoms. The molecule has 0 saturated heterocycles. The molecule has 94 valence electrons. The van der Waals surface area contributed by atoms with Crippen molar-refractivity contribution in [3.05, 3.63) is 45.9 Å². The van der Waals surface area contributed by atoms with Crippen LogP contribution < -0.4 is 10.9 Å². The van der Waals surface area contributed by atoms with Crippen molar-refractivity contribution < 1.29 is 0 Å². The number of hydrogen-bond donors (Lipinski definition) is 1. The second-order valence-electron chi connectivity index (χ2n) is 4.51. The lowest BCUT2D eigenvalue weighted by atomic mass is 10.1. The summed E-state index contributed by atoms with van der Waals surface area (Å²) >= 11 is 0. The molecule has 6 nitrogen and oxygen atoms in total. The minimum absolute atomic E-state index is 0.0622. The van der Waals surface area contributed by atoms with E-state index in [1.807, 2.05) is 19.3 Å². The molecule has 0 bridgehead atoms. The van der Waals surface area contributed by atoms with Gasteiger partial charge in [0.15, 0.2) is 0 Å². The summed E-state index contributed by atoms with van der Waals surface area (Å²) < 4.78 is 3.36. The summed E-state index contributed by atoms with van der Waals surface area (Å²) in [6, 6.07) is 1.91. The summed E-state index contributed by atoms with van der Waals surface area (Å²) in [6.07, 6.45) is 4.24. The number of nitrogens with one attached hydrogen (secondary N) is 1. The van der Waals surface area contributed by atoms with Crippen LogP contribution in [0.5, 0.6) is 0 Å². The summed E-state index contributed by atoms with van der Waals surface area (Å²) in [5.41, 5.74) is 2.65. The van der Waals surface area contributed by atoms with Gasteiger partial charge in [0.1, 0.15) is 0 Å². The average molecular weight is 245 g/mol. The molecule has 0 atom stereocenters. The Morgan fingerprint density at radius 2 is 2.39 bits per heavy atom. The number of aromatic nitrogens is 4. The van der Waals surface area contributed by atoms with Gasteiger partial charge in [0, 0.05) is 25.4 Å². The molecule has 0 spiro atoms. The van der Waals surface area contributed by atoms with E-state index in [0.717, 1.165) is 29.9 Å². The molecule has 2 aromatic heterocycles. The van der Waals surface area contributed by atoms with Crippen molar-refractivity contribution in [2.75, 3.05) is 6.54 Å². The minimum atomic E-state index is 0.0622. The van der Waals surface area contributed by atoms with Crippen molar-refractivity contribution in [3.63, 3.8) is 0 Å². The Morgan fingerprint density at radius 3 is 3.17 bits per heavy atom. The second-order valence-corrected chi connectivity index (χ2v) is 4.51. The van der Waals surface area contributed by atoms with E-state index in [9.17, 15) is 4.79 Å². The first-order valence-electron chi connectivity index (χ1n) is 6.00. The van der Waals surface area contributed by atoms with Gasteiger partial charge < -0.3 is 5.32 Å². The first-order valence-corrected chi connectivity index (χ1v) is 6.00. The van der Waals surface area contributed by atoms with Crippen LogP contribution in [0.15, 0.2) is 23.4 Å². The smallest absolute Gasteiger partial charge is 0.257 e. The molecule has 3 rings (SSSR count). The molecule has 0 fully saturated rings. The van der Waals surface area contributed by atoms with Gasteiger partial charge in [0.05, 0.1) is 24.3 Å². The fourth-order valence-corrected chi connectivity index (χ4v) is 2.22. The van der Waals surface area contributed by atoms with Gasteiger partial charge >= 0.3 is 0 Å². The summed E-state index contributed by atoms with van der Waals surface area (Å²) in [5, 5.41) is 7.49. The van der Waals surface area contributed by atoms with Crippen molar-refractivity contribution >= 4 is 0 Å². The lowest BCUT2D eigenvalue weighted by Gasteiger charge is -2.16. The van der Waals surface area contributed by atoms with Gasteiger partial charge in [-0.05, 0) is 19.0 Å². The highest BCUT2D eigenvalue weighted by Crippen LogP contribution is 2.06. The normalized spacial score (nSPS) is 14.5. The third-order valence-electron chi connectivity index (χ3n) is 3.17. The number of hydrogen-bond acceptors (Lipinski definition) is 4. The number of aryl methyl sites for hydroxylation is 1. The molecule has 0 amide bonds. The van der Waals surface area contributed by atoms with E-state index >= 15 is 0 Å². The van der Waals surface area contributed by atoms with Gasteiger partial charge in [-0.15, -0.1) is 0 Å². The van der Waals surface area contributed by atoms with E-state index in [0.29, 0.717) is 13.1 Å². The lowest BCUT2D eigenvalue weighted by molar-refractivity contribution is 0.592. The highest BCUT2D eigenvalue weighted by atomic mass is 16.1. The molecule has 0 aliphatic carbocycles. The highest BCUT2D eigenvalue weighted by molar-refractivity contribution is 5.20. The maximum Gasteiger partial charge on any atom is 0.257 e. The maximum absolute atomic E-state index is 12.3.